The summed E-state index contributed by atoms with van der Waals surface area (Å²) >= 11 is 12.5. The number of aryl methyl sites for hydroxylation is 2. The summed E-state index contributed by atoms with van der Waals surface area (Å²) in [5, 5.41) is 13.4. The molecule has 0 saturated heterocycles. The lowest BCUT2D eigenvalue weighted by molar-refractivity contribution is -0.119. The van der Waals surface area contributed by atoms with Crippen molar-refractivity contribution < 1.29 is 4.79 Å². The zero-order chi connectivity index (χ0) is 21.3. The average molecular weight is 434 g/mol. The Kier molecular flexibility index (Phi) is 6.34. The first-order valence-corrected chi connectivity index (χ1v) is 10.2. The SMILES string of the molecule is Cc1nn(CC(C)C(=O)Nc2c(C)nn(Cc3ccccc3Cl)c2C)c(C)c1Cl. The monoisotopic (exact) mass is 433 g/mol. The number of amides is 1. The molecule has 0 aliphatic carbocycles. The van der Waals surface area contributed by atoms with E-state index in [1.165, 1.54) is 0 Å². The van der Waals surface area contributed by atoms with Crippen molar-refractivity contribution in [2.75, 3.05) is 5.32 Å². The van der Waals surface area contributed by atoms with E-state index in [1.807, 2.05) is 63.6 Å². The van der Waals surface area contributed by atoms with Crippen LogP contribution in [0, 0.1) is 33.6 Å². The van der Waals surface area contributed by atoms with Crippen LogP contribution in [0.3, 0.4) is 0 Å². The Morgan fingerprint density at radius 2 is 1.69 bits per heavy atom. The maximum Gasteiger partial charge on any atom is 0.229 e. The van der Waals surface area contributed by atoms with Gasteiger partial charge >= 0.3 is 0 Å². The Morgan fingerprint density at radius 1 is 1.03 bits per heavy atom. The molecule has 6 nitrogen and oxygen atoms in total. The van der Waals surface area contributed by atoms with Gasteiger partial charge < -0.3 is 5.32 Å². The lowest BCUT2D eigenvalue weighted by Gasteiger charge is -2.14. The fourth-order valence-corrected chi connectivity index (χ4v) is 3.59. The second-order valence-electron chi connectivity index (χ2n) is 7.35. The largest absolute Gasteiger partial charge is 0.323 e. The normalized spacial score (nSPS) is 12.2. The van der Waals surface area contributed by atoms with Crippen LogP contribution < -0.4 is 5.32 Å². The van der Waals surface area contributed by atoms with Crippen LogP contribution in [-0.4, -0.2) is 25.5 Å². The summed E-state index contributed by atoms with van der Waals surface area (Å²) in [6, 6.07) is 7.68. The Balaban J connectivity index is 1.74. The molecule has 0 aliphatic rings. The zero-order valence-electron chi connectivity index (χ0n) is 17.3. The van der Waals surface area contributed by atoms with Crippen molar-refractivity contribution >= 4 is 34.8 Å². The van der Waals surface area contributed by atoms with Gasteiger partial charge in [-0.2, -0.15) is 10.2 Å². The molecule has 0 radical (unpaired) electrons. The van der Waals surface area contributed by atoms with Crippen LogP contribution in [0.5, 0.6) is 0 Å². The molecule has 1 aromatic carbocycles. The van der Waals surface area contributed by atoms with Gasteiger partial charge in [0.05, 0.1) is 52.5 Å². The van der Waals surface area contributed by atoms with Crippen molar-refractivity contribution in [2.24, 2.45) is 5.92 Å². The average Bonchev–Trinajstić information content (AvgIpc) is 3.08. The van der Waals surface area contributed by atoms with Crippen LogP contribution in [0.4, 0.5) is 5.69 Å². The van der Waals surface area contributed by atoms with Gasteiger partial charge in [-0.05, 0) is 39.3 Å². The van der Waals surface area contributed by atoms with E-state index in [1.54, 1.807) is 4.68 Å². The molecule has 0 spiro atoms. The second-order valence-corrected chi connectivity index (χ2v) is 8.14. The number of aromatic nitrogens is 4. The van der Waals surface area contributed by atoms with E-state index < -0.39 is 0 Å². The van der Waals surface area contributed by atoms with Crippen LogP contribution >= 0.6 is 23.2 Å². The Morgan fingerprint density at radius 3 is 2.31 bits per heavy atom. The van der Waals surface area contributed by atoms with Gasteiger partial charge in [0.15, 0.2) is 0 Å². The van der Waals surface area contributed by atoms with Crippen LogP contribution in [0.25, 0.3) is 0 Å². The maximum absolute atomic E-state index is 12.8. The molecule has 0 fully saturated rings. The number of halogens is 2. The van der Waals surface area contributed by atoms with Gasteiger partial charge in [-0.3, -0.25) is 14.2 Å². The Bertz CT molecular complexity index is 1050. The van der Waals surface area contributed by atoms with Crippen molar-refractivity contribution in [3.05, 3.63) is 62.6 Å². The quantitative estimate of drug-likeness (QED) is 0.598. The van der Waals surface area contributed by atoms with E-state index in [2.05, 4.69) is 15.5 Å². The number of carbonyl (C=O) groups is 1. The highest BCUT2D eigenvalue weighted by atomic mass is 35.5. The molecule has 29 heavy (non-hydrogen) atoms. The van der Waals surface area contributed by atoms with Gasteiger partial charge in [0.25, 0.3) is 0 Å². The highest BCUT2D eigenvalue weighted by molar-refractivity contribution is 6.32. The molecular formula is C21H25Cl2N5O. The van der Waals surface area contributed by atoms with E-state index in [0.717, 1.165) is 34.0 Å². The second kappa shape index (κ2) is 8.59. The number of carbonyl (C=O) groups excluding carboxylic acids is 1. The first-order valence-electron chi connectivity index (χ1n) is 9.46. The van der Waals surface area contributed by atoms with Gasteiger partial charge in [0, 0.05) is 5.02 Å². The molecule has 1 amide bonds. The summed E-state index contributed by atoms with van der Waals surface area (Å²) in [5.41, 5.74) is 5.00. The zero-order valence-corrected chi connectivity index (χ0v) is 18.8. The molecule has 0 saturated carbocycles. The minimum atomic E-state index is -0.283. The smallest absolute Gasteiger partial charge is 0.229 e. The number of rotatable bonds is 6. The minimum Gasteiger partial charge on any atom is -0.323 e. The molecule has 1 atom stereocenters. The van der Waals surface area contributed by atoms with E-state index in [9.17, 15) is 4.79 Å². The Labute approximate surface area is 180 Å². The van der Waals surface area contributed by atoms with Crippen LogP contribution in [0.15, 0.2) is 24.3 Å². The summed E-state index contributed by atoms with van der Waals surface area (Å²) < 4.78 is 3.64. The first kappa shape index (κ1) is 21.4. The van der Waals surface area contributed by atoms with Gasteiger partial charge in [-0.1, -0.05) is 48.3 Å². The van der Waals surface area contributed by atoms with E-state index in [0.29, 0.717) is 23.1 Å². The number of anilines is 1. The first-order chi connectivity index (χ1) is 13.7. The number of hydrogen-bond donors (Lipinski definition) is 1. The van der Waals surface area contributed by atoms with Crippen molar-refractivity contribution in [3.8, 4) is 0 Å². The summed E-state index contributed by atoms with van der Waals surface area (Å²) in [5.74, 6) is -0.369. The minimum absolute atomic E-state index is 0.0860. The topological polar surface area (TPSA) is 64.7 Å². The third-order valence-electron chi connectivity index (χ3n) is 5.10. The molecule has 1 N–H and O–H groups in total. The molecule has 2 aromatic heterocycles. The van der Waals surface area contributed by atoms with Crippen molar-refractivity contribution in [1.29, 1.82) is 0 Å². The molecule has 2 heterocycles. The molecule has 1 unspecified atom stereocenters. The summed E-state index contributed by atoms with van der Waals surface area (Å²) in [6.07, 6.45) is 0. The predicted molar refractivity (Wildman–Crippen MR) is 117 cm³/mol. The van der Waals surface area contributed by atoms with Crippen molar-refractivity contribution in [1.82, 2.24) is 19.6 Å². The maximum atomic E-state index is 12.8. The molecule has 0 aliphatic heterocycles. The highest BCUT2D eigenvalue weighted by Gasteiger charge is 2.21. The number of hydrogen-bond acceptors (Lipinski definition) is 3. The molecule has 3 aromatic rings. The third kappa shape index (κ3) is 4.49. The van der Waals surface area contributed by atoms with Gasteiger partial charge in [0.1, 0.15) is 0 Å². The van der Waals surface area contributed by atoms with Gasteiger partial charge in [-0.25, -0.2) is 0 Å². The summed E-state index contributed by atoms with van der Waals surface area (Å²) in [7, 11) is 0. The number of nitrogens with one attached hydrogen (secondary N) is 1. The van der Waals surface area contributed by atoms with Crippen LogP contribution in [0.2, 0.25) is 10.0 Å². The predicted octanol–water partition coefficient (Wildman–Crippen LogP) is 4.94. The number of nitrogens with zero attached hydrogens (tertiary/aromatic N) is 4. The van der Waals surface area contributed by atoms with Gasteiger partial charge in [0.2, 0.25) is 5.91 Å². The van der Waals surface area contributed by atoms with E-state index in [-0.39, 0.29) is 11.8 Å². The summed E-state index contributed by atoms with van der Waals surface area (Å²) in [4.78, 5) is 12.8. The van der Waals surface area contributed by atoms with E-state index >= 15 is 0 Å². The van der Waals surface area contributed by atoms with Crippen molar-refractivity contribution in [3.63, 3.8) is 0 Å². The standard InChI is InChI=1S/C21H25Cl2N5O/c1-12(10-27-15(4)19(23)13(2)25-27)21(29)24-20-14(3)26-28(16(20)5)11-17-8-6-7-9-18(17)22/h6-9,12H,10-11H2,1-5H3,(H,24,29). The van der Waals surface area contributed by atoms with Crippen molar-refractivity contribution in [2.45, 2.75) is 47.7 Å². The van der Waals surface area contributed by atoms with Crippen LogP contribution in [-0.2, 0) is 17.9 Å². The lowest BCUT2D eigenvalue weighted by atomic mass is 10.1. The molecule has 8 heteroatoms. The molecular weight excluding hydrogens is 409 g/mol. The Hall–Kier alpha value is -2.31. The lowest BCUT2D eigenvalue weighted by Crippen LogP contribution is -2.25. The summed E-state index contributed by atoms with van der Waals surface area (Å²) in [6.45, 7) is 10.5. The number of benzene rings is 1. The fourth-order valence-electron chi connectivity index (χ4n) is 3.26. The molecule has 0 bridgehead atoms. The highest BCUT2D eigenvalue weighted by Crippen LogP contribution is 2.24. The fraction of sp³-hybridized carbons (Fsp3) is 0.381. The van der Waals surface area contributed by atoms with E-state index in [4.69, 9.17) is 23.2 Å². The van der Waals surface area contributed by atoms with Crippen LogP contribution in [0.1, 0.15) is 35.3 Å². The third-order valence-corrected chi connectivity index (χ3v) is 6.01. The molecule has 3 rings (SSSR count). The molecule has 154 valence electrons. The van der Waals surface area contributed by atoms with Gasteiger partial charge in [-0.15, -0.1) is 0 Å².